The first-order valence-corrected chi connectivity index (χ1v) is 10.1. The van der Waals surface area contributed by atoms with Gasteiger partial charge in [-0.2, -0.15) is 5.26 Å². The number of H-pyrrole nitrogens is 1. The van der Waals surface area contributed by atoms with Crippen molar-refractivity contribution in [1.29, 1.82) is 5.26 Å². The molecule has 0 atom stereocenters. The number of non-ortho nitro benzene ring substituents is 1. The fraction of sp³-hybridized carbons (Fsp3) is 0.105. The average molecular weight is 410 g/mol. The van der Waals surface area contributed by atoms with E-state index < -0.39 is 10.5 Å². The van der Waals surface area contributed by atoms with Crippen molar-refractivity contribution in [2.24, 2.45) is 0 Å². The molecular formula is C19H14N4O3S2. The molecule has 140 valence electrons. The summed E-state index contributed by atoms with van der Waals surface area (Å²) in [6, 6.07) is 14.0. The van der Waals surface area contributed by atoms with E-state index in [-0.39, 0.29) is 16.9 Å². The molecule has 1 aromatic heterocycles. The van der Waals surface area contributed by atoms with E-state index in [4.69, 9.17) is 0 Å². The Hall–Kier alpha value is -3.09. The van der Waals surface area contributed by atoms with Gasteiger partial charge in [-0.05, 0) is 31.4 Å². The van der Waals surface area contributed by atoms with E-state index in [1.165, 1.54) is 35.7 Å². The van der Waals surface area contributed by atoms with Gasteiger partial charge in [0.05, 0.1) is 10.6 Å². The zero-order chi connectivity index (χ0) is 20.3. The normalized spacial score (nSPS) is 10.5. The minimum Gasteiger partial charge on any atom is -0.300 e. The molecule has 0 aliphatic rings. The van der Waals surface area contributed by atoms with Gasteiger partial charge in [-0.25, -0.2) is 4.98 Å². The summed E-state index contributed by atoms with van der Waals surface area (Å²) in [6.07, 6.45) is 1.74. The monoisotopic (exact) mass is 410 g/mol. The highest BCUT2D eigenvalue weighted by molar-refractivity contribution is 7.99. The van der Waals surface area contributed by atoms with E-state index in [0.29, 0.717) is 15.6 Å². The fourth-order valence-corrected chi connectivity index (χ4v) is 3.79. The zero-order valence-corrected chi connectivity index (χ0v) is 16.6. The van der Waals surface area contributed by atoms with Crippen molar-refractivity contribution in [3.8, 4) is 17.3 Å². The topological polar surface area (TPSA) is 113 Å². The number of thioether (sulfide) groups is 1. The summed E-state index contributed by atoms with van der Waals surface area (Å²) in [6.45, 7) is 1.98. The first-order valence-electron chi connectivity index (χ1n) is 8.04. The molecule has 0 bridgehead atoms. The molecule has 0 fully saturated rings. The Balaban J connectivity index is 2.23. The summed E-state index contributed by atoms with van der Waals surface area (Å²) in [5, 5.41) is 21.1. The molecule has 0 spiro atoms. The third-order valence-electron chi connectivity index (χ3n) is 3.88. The van der Waals surface area contributed by atoms with Gasteiger partial charge in [-0.3, -0.25) is 14.9 Å². The Kier molecular flexibility index (Phi) is 5.82. The summed E-state index contributed by atoms with van der Waals surface area (Å²) >= 11 is 2.60. The van der Waals surface area contributed by atoms with Gasteiger partial charge >= 0.3 is 0 Å². The van der Waals surface area contributed by atoms with E-state index in [1.54, 1.807) is 12.3 Å². The number of aromatic nitrogens is 2. The summed E-state index contributed by atoms with van der Waals surface area (Å²) < 4.78 is 0. The van der Waals surface area contributed by atoms with Crippen molar-refractivity contribution < 1.29 is 4.92 Å². The Labute approximate surface area is 169 Å². The standard InChI is InChI=1S/C19H14N4O3S2/c1-11-3-6-13(7-4-11)28-16-8-5-12(23(25)26)9-14(16)17-15(10-20)18(24)22-19(21-17)27-2/h3-9H,1-2H3,(H,21,22,24). The Morgan fingerprint density at radius 3 is 2.54 bits per heavy atom. The van der Waals surface area contributed by atoms with Gasteiger partial charge in [-0.15, -0.1) is 0 Å². The third-order valence-corrected chi connectivity index (χ3v) is 5.54. The number of nitrogens with one attached hydrogen (secondary N) is 1. The molecule has 9 heteroatoms. The van der Waals surface area contributed by atoms with Crippen LogP contribution in [0.3, 0.4) is 0 Å². The molecule has 1 heterocycles. The second-order valence-electron chi connectivity index (χ2n) is 5.76. The number of nitrogens with zero attached hydrogens (tertiary/aromatic N) is 3. The smallest absolute Gasteiger partial charge is 0.270 e. The van der Waals surface area contributed by atoms with Crippen molar-refractivity contribution in [3.05, 3.63) is 74.1 Å². The lowest BCUT2D eigenvalue weighted by Crippen LogP contribution is -2.14. The lowest BCUT2D eigenvalue weighted by Gasteiger charge is -2.11. The Bertz CT molecular complexity index is 1150. The molecule has 0 radical (unpaired) electrons. The van der Waals surface area contributed by atoms with Crippen molar-refractivity contribution in [1.82, 2.24) is 9.97 Å². The number of aryl methyl sites for hydroxylation is 1. The van der Waals surface area contributed by atoms with Crippen LogP contribution in [0.4, 0.5) is 5.69 Å². The van der Waals surface area contributed by atoms with E-state index in [9.17, 15) is 20.2 Å². The van der Waals surface area contributed by atoms with Crippen molar-refractivity contribution in [2.45, 2.75) is 21.9 Å². The van der Waals surface area contributed by atoms with Crippen LogP contribution >= 0.6 is 23.5 Å². The molecule has 7 nitrogen and oxygen atoms in total. The van der Waals surface area contributed by atoms with Crippen LogP contribution < -0.4 is 5.56 Å². The minimum atomic E-state index is -0.574. The maximum atomic E-state index is 12.3. The van der Waals surface area contributed by atoms with Crippen molar-refractivity contribution in [2.75, 3.05) is 6.26 Å². The minimum absolute atomic E-state index is 0.133. The largest absolute Gasteiger partial charge is 0.300 e. The van der Waals surface area contributed by atoms with Crippen molar-refractivity contribution in [3.63, 3.8) is 0 Å². The van der Waals surface area contributed by atoms with Crippen LogP contribution in [0.1, 0.15) is 11.1 Å². The number of nitro benzene ring substituents is 1. The van der Waals surface area contributed by atoms with Gasteiger partial charge in [0.15, 0.2) is 5.16 Å². The van der Waals surface area contributed by atoms with Crippen LogP contribution in [0.15, 0.2) is 62.2 Å². The lowest BCUT2D eigenvalue weighted by atomic mass is 10.1. The Morgan fingerprint density at radius 2 is 1.93 bits per heavy atom. The fourth-order valence-electron chi connectivity index (χ4n) is 2.49. The van der Waals surface area contributed by atoms with Gasteiger partial charge in [0.1, 0.15) is 11.6 Å². The number of benzene rings is 2. The van der Waals surface area contributed by atoms with E-state index in [2.05, 4.69) is 9.97 Å². The molecule has 0 saturated heterocycles. The predicted octanol–water partition coefficient (Wildman–Crippen LogP) is 4.40. The highest BCUT2D eigenvalue weighted by Gasteiger charge is 2.20. The van der Waals surface area contributed by atoms with Crippen LogP contribution in [-0.2, 0) is 0 Å². The first-order chi connectivity index (χ1) is 13.4. The second-order valence-corrected chi connectivity index (χ2v) is 7.67. The number of hydrogen-bond acceptors (Lipinski definition) is 7. The van der Waals surface area contributed by atoms with Crippen molar-refractivity contribution >= 4 is 29.2 Å². The number of nitro groups is 1. The number of nitriles is 1. The van der Waals surface area contributed by atoms with Crippen LogP contribution in [0.2, 0.25) is 0 Å². The molecule has 1 N–H and O–H groups in total. The molecule has 2 aromatic carbocycles. The highest BCUT2D eigenvalue weighted by atomic mass is 32.2. The van der Waals surface area contributed by atoms with Gasteiger partial charge in [0.2, 0.25) is 0 Å². The first kappa shape index (κ1) is 19.7. The van der Waals surface area contributed by atoms with E-state index in [0.717, 1.165) is 10.5 Å². The molecule has 28 heavy (non-hydrogen) atoms. The molecule has 0 aliphatic heterocycles. The molecule has 0 aliphatic carbocycles. The van der Waals surface area contributed by atoms with Crippen LogP contribution in [0.25, 0.3) is 11.3 Å². The summed E-state index contributed by atoms with van der Waals surface area (Å²) in [5.41, 5.74) is 0.728. The molecule has 3 aromatic rings. The van der Waals surface area contributed by atoms with Gasteiger partial charge in [0.25, 0.3) is 11.2 Å². The molecular weight excluding hydrogens is 396 g/mol. The maximum Gasteiger partial charge on any atom is 0.270 e. The summed E-state index contributed by atoms with van der Waals surface area (Å²) in [4.78, 5) is 31.5. The summed E-state index contributed by atoms with van der Waals surface area (Å²) in [5.74, 6) is 0. The van der Waals surface area contributed by atoms with Gasteiger partial charge in [-0.1, -0.05) is 41.2 Å². The second kappa shape index (κ2) is 8.29. The van der Waals surface area contributed by atoms with Gasteiger partial charge < -0.3 is 4.98 Å². The lowest BCUT2D eigenvalue weighted by molar-refractivity contribution is -0.384. The SMILES string of the molecule is CSc1nc(-c2cc([N+](=O)[O-])ccc2Sc2ccc(C)cc2)c(C#N)c(=O)[nH]1. The predicted molar refractivity (Wildman–Crippen MR) is 109 cm³/mol. The zero-order valence-electron chi connectivity index (χ0n) is 14.9. The van der Waals surface area contributed by atoms with Crippen LogP contribution in [0.5, 0.6) is 0 Å². The van der Waals surface area contributed by atoms with Crippen LogP contribution in [0, 0.1) is 28.4 Å². The third kappa shape index (κ3) is 4.08. The Morgan fingerprint density at radius 1 is 1.21 bits per heavy atom. The van der Waals surface area contributed by atoms with E-state index in [1.807, 2.05) is 37.3 Å². The number of rotatable bonds is 5. The molecule has 0 saturated carbocycles. The molecule has 0 unspecified atom stereocenters. The number of aromatic amines is 1. The molecule has 3 rings (SSSR count). The van der Waals surface area contributed by atoms with Crippen LogP contribution in [-0.4, -0.2) is 21.1 Å². The maximum absolute atomic E-state index is 12.3. The molecule has 0 amide bonds. The highest BCUT2D eigenvalue weighted by Crippen LogP contribution is 2.38. The number of hydrogen-bond donors (Lipinski definition) is 1. The van der Waals surface area contributed by atoms with Gasteiger partial charge in [0, 0.05) is 27.5 Å². The quantitative estimate of drug-likeness (QED) is 0.287. The average Bonchev–Trinajstić information content (AvgIpc) is 2.69. The summed E-state index contributed by atoms with van der Waals surface area (Å²) in [7, 11) is 0. The van der Waals surface area contributed by atoms with E-state index >= 15 is 0 Å².